The number of hydrogen-bond donors (Lipinski definition) is 15. The number of hydrogen-bond acceptors (Lipinski definition) is 20. The average molecular weight is 662 g/mol. The minimum Gasteiger partial charge on any atom is -0.394 e. The molecule has 17 atom stereocenters. The van der Waals surface area contributed by atoms with Crippen LogP contribution < -0.4 is 5.32 Å². The van der Waals surface area contributed by atoms with Crippen LogP contribution >= 0.6 is 0 Å². The molecule has 0 saturated carbocycles. The number of Topliss-reactive ketones (excluding diaryl/α,β-unsaturated/α-hetero) is 1. The van der Waals surface area contributed by atoms with Crippen molar-refractivity contribution in [2.45, 2.75) is 104 Å². The van der Waals surface area contributed by atoms with E-state index in [1.54, 1.807) is 0 Å². The number of carbonyl (C=O) groups excluding carboxylic acids is 1. The summed E-state index contributed by atoms with van der Waals surface area (Å²) in [7, 11) is 0. The fourth-order valence-corrected chi connectivity index (χ4v) is 5.32. The first-order chi connectivity index (χ1) is 21.2. The molecular weight excluding hydrogens is 618 g/mol. The highest BCUT2D eigenvalue weighted by atomic mass is 16.7. The molecule has 3 aliphatic rings. The standard InChI is InChI=1S/C25H43NO19/c27-2-7-1-8(15(35)18(38)14(7)34)26-13-11(5-30)42-24(20(40)17(13)37)45-23-12(6-31)43-25(21(41)19(23)39)44-22(10(33)4-29)16(36)9(32)3-28/h1,8-15,17-35,37-41H,2-6H2/t8?,9?,10-,11-,12?,13?,14-,15+,17+,18?,19?,20?,21-,22?,23?,24+,25-/m1/s1. The van der Waals surface area contributed by atoms with Gasteiger partial charge in [-0.15, -0.1) is 0 Å². The molecule has 20 heteroatoms. The predicted octanol–water partition coefficient (Wildman–Crippen LogP) is -9.75. The van der Waals surface area contributed by atoms with E-state index in [1.807, 2.05) is 0 Å². The molecule has 0 aromatic carbocycles. The number of aliphatic hydroxyl groups excluding tert-OH is 14. The summed E-state index contributed by atoms with van der Waals surface area (Å²) in [5, 5.41) is 144. The molecule has 0 aromatic rings. The Hall–Kier alpha value is -1.35. The second-order valence-electron chi connectivity index (χ2n) is 11.0. The van der Waals surface area contributed by atoms with Gasteiger partial charge in [-0.05, 0) is 5.57 Å². The van der Waals surface area contributed by atoms with Gasteiger partial charge in [-0.3, -0.25) is 4.79 Å². The predicted molar refractivity (Wildman–Crippen MR) is 140 cm³/mol. The second kappa shape index (κ2) is 16.7. The molecule has 0 radical (unpaired) electrons. The Morgan fingerprint density at radius 3 is 1.93 bits per heavy atom. The minimum atomic E-state index is -2.10. The number of aliphatic hydroxyl groups is 14. The van der Waals surface area contributed by atoms with Crippen LogP contribution in [0.3, 0.4) is 0 Å². The highest BCUT2D eigenvalue weighted by Gasteiger charge is 2.52. The molecule has 262 valence electrons. The number of nitrogens with one attached hydrogen (secondary N) is 1. The van der Waals surface area contributed by atoms with Crippen molar-refractivity contribution in [2.75, 3.05) is 33.0 Å². The molecule has 1 aliphatic carbocycles. The normalized spacial score (nSPS) is 42.9. The van der Waals surface area contributed by atoms with Crippen molar-refractivity contribution in [1.29, 1.82) is 0 Å². The molecule has 3 rings (SSSR count). The number of ether oxygens (including phenoxy) is 4. The first-order valence-corrected chi connectivity index (χ1v) is 14.0. The summed E-state index contributed by atoms with van der Waals surface area (Å²) < 4.78 is 21.7. The Morgan fingerprint density at radius 2 is 1.38 bits per heavy atom. The maximum Gasteiger partial charge on any atom is 0.195 e. The molecule has 2 heterocycles. The van der Waals surface area contributed by atoms with Crippen molar-refractivity contribution >= 4 is 5.78 Å². The zero-order chi connectivity index (χ0) is 33.7. The van der Waals surface area contributed by atoms with E-state index in [0.717, 1.165) is 0 Å². The zero-order valence-electron chi connectivity index (χ0n) is 23.7. The summed E-state index contributed by atoms with van der Waals surface area (Å²) >= 11 is 0. The van der Waals surface area contributed by atoms with E-state index in [9.17, 15) is 71.2 Å². The van der Waals surface area contributed by atoms with Gasteiger partial charge in [0.2, 0.25) is 0 Å². The Bertz CT molecular complexity index is 971. The fraction of sp³-hybridized carbons (Fsp3) is 0.880. The quantitative estimate of drug-likeness (QED) is 0.0768. The van der Waals surface area contributed by atoms with Gasteiger partial charge in [0.25, 0.3) is 0 Å². The third-order valence-electron chi connectivity index (χ3n) is 7.98. The highest BCUT2D eigenvalue weighted by molar-refractivity contribution is 5.87. The molecule has 20 nitrogen and oxygen atoms in total. The van der Waals surface area contributed by atoms with Crippen LogP contribution in [-0.2, 0) is 23.7 Å². The summed E-state index contributed by atoms with van der Waals surface area (Å²) in [6.45, 7) is -4.57. The van der Waals surface area contributed by atoms with Crippen LogP contribution in [0, 0.1) is 0 Å². The number of ketones is 1. The lowest BCUT2D eigenvalue weighted by molar-refractivity contribution is -0.357. The van der Waals surface area contributed by atoms with Gasteiger partial charge in [-0.25, -0.2) is 0 Å². The van der Waals surface area contributed by atoms with Gasteiger partial charge < -0.3 is 95.8 Å². The molecule has 2 aliphatic heterocycles. The minimum absolute atomic E-state index is 0.0490. The van der Waals surface area contributed by atoms with E-state index >= 15 is 0 Å². The van der Waals surface area contributed by atoms with Gasteiger partial charge in [-0.1, -0.05) is 6.08 Å². The van der Waals surface area contributed by atoms with Crippen molar-refractivity contribution in [3.8, 4) is 0 Å². The van der Waals surface area contributed by atoms with Crippen molar-refractivity contribution in [3.05, 3.63) is 11.6 Å². The molecule has 15 N–H and O–H groups in total. The third kappa shape index (κ3) is 8.21. The first-order valence-electron chi connectivity index (χ1n) is 14.0. The zero-order valence-corrected chi connectivity index (χ0v) is 23.7. The smallest absolute Gasteiger partial charge is 0.195 e. The maximum absolute atomic E-state index is 12.3. The van der Waals surface area contributed by atoms with E-state index in [2.05, 4.69) is 5.32 Å². The van der Waals surface area contributed by atoms with Gasteiger partial charge in [-0.2, -0.15) is 0 Å². The molecule has 0 aromatic heterocycles. The lowest BCUT2D eigenvalue weighted by atomic mass is 9.86. The molecule has 45 heavy (non-hydrogen) atoms. The van der Waals surface area contributed by atoms with Gasteiger partial charge in [0.05, 0.1) is 45.1 Å². The van der Waals surface area contributed by atoms with Gasteiger partial charge >= 0.3 is 0 Å². The third-order valence-corrected chi connectivity index (χ3v) is 7.98. The van der Waals surface area contributed by atoms with Crippen LogP contribution in [0.2, 0.25) is 0 Å². The van der Waals surface area contributed by atoms with Gasteiger partial charge in [0.1, 0.15) is 79.4 Å². The summed E-state index contributed by atoms with van der Waals surface area (Å²) in [6, 6.07) is -2.56. The topological polar surface area (TPSA) is 349 Å². The maximum atomic E-state index is 12.3. The Morgan fingerprint density at radius 1 is 0.778 bits per heavy atom. The van der Waals surface area contributed by atoms with Crippen molar-refractivity contribution in [1.82, 2.24) is 5.32 Å². The molecule has 2 saturated heterocycles. The SMILES string of the molecule is O=C(C(O)CO)C(O[C@H]1OC(CO)C(O[C@@H]2O[C@H](CO)C(NC3C=C(CO)[C@@H](O)C(O)[C@H]3O)[C@H](O)C2O)C(O)[C@H]1O)[C@H](O)CO. The van der Waals surface area contributed by atoms with Crippen molar-refractivity contribution in [2.24, 2.45) is 0 Å². The van der Waals surface area contributed by atoms with Gasteiger partial charge in [0.15, 0.2) is 18.4 Å². The van der Waals surface area contributed by atoms with E-state index in [0.29, 0.717) is 0 Å². The van der Waals surface area contributed by atoms with E-state index in [-0.39, 0.29) is 5.57 Å². The van der Waals surface area contributed by atoms with Gasteiger partial charge in [0, 0.05) is 0 Å². The average Bonchev–Trinajstić information content (AvgIpc) is 3.04. The fourth-order valence-electron chi connectivity index (χ4n) is 5.32. The molecule has 0 bridgehead atoms. The number of rotatable bonds is 14. The van der Waals surface area contributed by atoms with Crippen LogP contribution in [0.15, 0.2) is 11.6 Å². The van der Waals surface area contributed by atoms with Crippen LogP contribution in [0.1, 0.15) is 0 Å². The molecule has 0 spiro atoms. The Balaban J connectivity index is 1.74. The molecule has 9 unspecified atom stereocenters. The summed E-state index contributed by atoms with van der Waals surface area (Å²) in [5.74, 6) is -1.30. The second-order valence-corrected chi connectivity index (χ2v) is 11.0. The largest absolute Gasteiger partial charge is 0.394 e. The highest BCUT2D eigenvalue weighted by Crippen LogP contribution is 2.31. The van der Waals surface area contributed by atoms with E-state index in [4.69, 9.17) is 24.1 Å². The molecular formula is C25H43NO19. The summed E-state index contributed by atoms with van der Waals surface area (Å²) in [4.78, 5) is 12.3. The van der Waals surface area contributed by atoms with Crippen LogP contribution in [-0.4, -0.2) is 214 Å². The lowest BCUT2D eigenvalue weighted by Gasteiger charge is -2.48. The van der Waals surface area contributed by atoms with E-state index in [1.165, 1.54) is 6.08 Å². The number of carbonyl (C=O) groups is 1. The van der Waals surface area contributed by atoms with Crippen LogP contribution in [0.5, 0.6) is 0 Å². The molecule has 2 fully saturated rings. The van der Waals surface area contributed by atoms with Crippen LogP contribution in [0.25, 0.3) is 0 Å². The lowest BCUT2D eigenvalue weighted by Crippen LogP contribution is -2.69. The summed E-state index contributed by atoms with van der Waals surface area (Å²) in [6.07, 6.45) is -26.3. The first kappa shape index (κ1) is 38.1. The van der Waals surface area contributed by atoms with Crippen molar-refractivity contribution in [3.63, 3.8) is 0 Å². The molecule has 0 amide bonds. The monoisotopic (exact) mass is 661 g/mol. The Labute approximate surface area is 255 Å². The Kier molecular flexibility index (Phi) is 14.1. The van der Waals surface area contributed by atoms with Crippen molar-refractivity contribution < 1.29 is 95.2 Å². The van der Waals surface area contributed by atoms with E-state index < -0.39 is 143 Å². The van der Waals surface area contributed by atoms with Crippen LogP contribution in [0.4, 0.5) is 0 Å². The summed E-state index contributed by atoms with van der Waals surface area (Å²) in [5.41, 5.74) is -0.0490.